The summed E-state index contributed by atoms with van der Waals surface area (Å²) in [5.41, 5.74) is 6.87. The molecule has 390 valence electrons. The van der Waals surface area contributed by atoms with Gasteiger partial charge in [-0.05, 0) is 45.0 Å². The van der Waals surface area contributed by atoms with E-state index in [0.29, 0.717) is 6.61 Å². The van der Waals surface area contributed by atoms with Gasteiger partial charge in [0, 0.05) is 7.11 Å². The standard InChI is InChI=1S/C64H68O11/c1-3-64(73-47-55-57(67-40-49-27-13-5-14-28-49)59(69-42-51-31-17-7-18-32-51)61(63(65-2)74-55)71-44-53-35-21-9-22-36-53)62(72-45-54-37-23-10-24-38-54)60(70-43-52-33-19-8-20-34-52)58(68-41-50-29-15-6-16-30-50)56(75-64)46-66-39-48-25-11-4-12-26-48/h3-38,55-63H,1,39-47H2,2H3/t55?,56?,57-,58+,59-,60+,61?,62?,63-,64-/m0/s1. The van der Waals surface area contributed by atoms with E-state index < -0.39 is 60.9 Å². The van der Waals surface area contributed by atoms with Crippen molar-refractivity contribution in [3.8, 4) is 0 Å². The first kappa shape index (κ1) is 53.7. The molecule has 2 heterocycles. The van der Waals surface area contributed by atoms with Crippen molar-refractivity contribution >= 4 is 0 Å². The van der Waals surface area contributed by atoms with Gasteiger partial charge in [-0.3, -0.25) is 0 Å². The van der Waals surface area contributed by atoms with Gasteiger partial charge in [0.15, 0.2) is 6.29 Å². The normalized spacial score (nSPS) is 24.6. The summed E-state index contributed by atoms with van der Waals surface area (Å²) in [6.45, 7) is 6.31. The van der Waals surface area contributed by atoms with E-state index in [1.54, 1.807) is 13.2 Å². The highest BCUT2D eigenvalue weighted by Crippen LogP contribution is 2.40. The molecule has 9 rings (SSSR count). The molecule has 0 spiro atoms. The highest BCUT2D eigenvalue weighted by atomic mass is 16.8. The van der Waals surface area contributed by atoms with Crippen LogP contribution in [0.25, 0.3) is 0 Å². The fourth-order valence-electron chi connectivity index (χ4n) is 9.49. The summed E-state index contributed by atoms with van der Waals surface area (Å²) >= 11 is 0. The average molecular weight is 1010 g/mol. The van der Waals surface area contributed by atoms with Gasteiger partial charge in [-0.2, -0.15) is 0 Å². The molecule has 4 unspecified atom stereocenters. The molecule has 0 saturated carbocycles. The Labute approximate surface area is 441 Å². The molecule has 7 aromatic carbocycles. The van der Waals surface area contributed by atoms with Gasteiger partial charge in [0.25, 0.3) is 0 Å². The van der Waals surface area contributed by atoms with Crippen LogP contribution in [-0.4, -0.2) is 81.2 Å². The molecule has 0 bridgehead atoms. The molecule has 11 heteroatoms. The largest absolute Gasteiger partial charge is 0.374 e. The van der Waals surface area contributed by atoms with Crippen molar-refractivity contribution in [3.63, 3.8) is 0 Å². The Morgan fingerprint density at radius 2 is 0.720 bits per heavy atom. The zero-order valence-corrected chi connectivity index (χ0v) is 42.5. The molecule has 0 aliphatic carbocycles. The molecule has 2 aliphatic heterocycles. The van der Waals surface area contributed by atoms with Crippen LogP contribution in [-0.2, 0) is 98.4 Å². The van der Waals surface area contributed by atoms with Crippen molar-refractivity contribution in [1.82, 2.24) is 0 Å². The second-order valence-electron chi connectivity index (χ2n) is 18.7. The van der Waals surface area contributed by atoms with Gasteiger partial charge in [0.2, 0.25) is 5.79 Å². The Hall–Kier alpha value is -6.16. The highest BCUT2D eigenvalue weighted by Gasteiger charge is 2.58. The number of hydrogen-bond acceptors (Lipinski definition) is 11. The lowest BCUT2D eigenvalue weighted by Crippen LogP contribution is -2.68. The number of benzene rings is 7. The fraction of sp³-hybridized carbons (Fsp3) is 0.312. The van der Waals surface area contributed by atoms with Crippen LogP contribution in [0.1, 0.15) is 38.9 Å². The molecular weight excluding hydrogens is 945 g/mol. The molecule has 2 aliphatic rings. The molecule has 2 fully saturated rings. The zero-order valence-electron chi connectivity index (χ0n) is 42.5. The van der Waals surface area contributed by atoms with Crippen molar-refractivity contribution in [2.24, 2.45) is 0 Å². The van der Waals surface area contributed by atoms with Gasteiger partial charge < -0.3 is 52.1 Å². The molecule has 10 atom stereocenters. The number of hydrogen-bond donors (Lipinski definition) is 0. The Balaban J connectivity index is 1.09. The van der Waals surface area contributed by atoms with E-state index in [4.69, 9.17) is 52.1 Å². The molecule has 0 amide bonds. The molecule has 7 aromatic rings. The van der Waals surface area contributed by atoms with E-state index in [9.17, 15) is 0 Å². The predicted octanol–water partition coefficient (Wildman–Crippen LogP) is 11.4. The van der Waals surface area contributed by atoms with Crippen molar-refractivity contribution < 1.29 is 52.1 Å². The summed E-state index contributed by atoms with van der Waals surface area (Å²) in [5, 5.41) is 0. The third-order valence-corrected chi connectivity index (χ3v) is 13.4. The summed E-state index contributed by atoms with van der Waals surface area (Å²) in [6, 6.07) is 70.2. The van der Waals surface area contributed by atoms with E-state index in [1.165, 1.54) is 0 Å². The van der Waals surface area contributed by atoms with E-state index in [1.807, 2.05) is 212 Å². The van der Waals surface area contributed by atoms with Gasteiger partial charge in [0.05, 0.1) is 59.5 Å². The molecule has 0 aromatic heterocycles. The monoisotopic (exact) mass is 1010 g/mol. The Morgan fingerprint density at radius 3 is 1.11 bits per heavy atom. The summed E-state index contributed by atoms with van der Waals surface area (Å²) in [6.07, 6.45) is -5.46. The first-order valence-corrected chi connectivity index (χ1v) is 25.8. The maximum Gasteiger partial charge on any atom is 0.217 e. The number of rotatable bonds is 27. The summed E-state index contributed by atoms with van der Waals surface area (Å²) in [5.74, 6) is -1.68. The highest BCUT2D eigenvalue weighted by molar-refractivity contribution is 5.20. The minimum Gasteiger partial charge on any atom is -0.374 e. The zero-order chi connectivity index (χ0) is 51.3. The predicted molar refractivity (Wildman–Crippen MR) is 286 cm³/mol. The number of ether oxygens (including phenoxy) is 11. The van der Waals surface area contributed by atoms with Crippen LogP contribution in [0.4, 0.5) is 0 Å². The third kappa shape index (κ3) is 15.0. The second-order valence-corrected chi connectivity index (χ2v) is 18.7. The first-order chi connectivity index (χ1) is 37.1. The van der Waals surface area contributed by atoms with Crippen LogP contribution in [0.3, 0.4) is 0 Å². The lowest BCUT2D eigenvalue weighted by Gasteiger charge is -2.52. The van der Waals surface area contributed by atoms with Gasteiger partial charge >= 0.3 is 0 Å². The van der Waals surface area contributed by atoms with Crippen LogP contribution in [0.5, 0.6) is 0 Å². The lowest BCUT2D eigenvalue weighted by atomic mass is 9.91. The van der Waals surface area contributed by atoms with Crippen LogP contribution >= 0.6 is 0 Å². The van der Waals surface area contributed by atoms with E-state index in [0.717, 1.165) is 38.9 Å². The molecule has 2 saturated heterocycles. The van der Waals surface area contributed by atoms with Gasteiger partial charge in [-0.15, -0.1) is 0 Å². The third-order valence-electron chi connectivity index (χ3n) is 13.4. The summed E-state index contributed by atoms with van der Waals surface area (Å²) < 4.78 is 76.1. The Morgan fingerprint density at radius 1 is 0.387 bits per heavy atom. The van der Waals surface area contributed by atoms with Crippen molar-refractivity contribution in [1.29, 1.82) is 0 Å². The SMILES string of the molecule is C=C[C@]1(OCC2O[C@H](OC)C(OCc3ccccc3)[C@@H](OCc3ccccc3)[C@H]2OCc2ccccc2)OC(COCc2ccccc2)[C@@H](OCc2ccccc2)[C@@H](OCc2ccccc2)C1OCc1ccccc1. The molecular formula is C64H68O11. The molecule has 0 radical (unpaired) electrons. The Bertz CT molecular complexity index is 2670. The number of methoxy groups -OCH3 is 1. The van der Waals surface area contributed by atoms with E-state index in [2.05, 4.69) is 6.58 Å². The van der Waals surface area contributed by atoms with Crippen molar-refractivity contribution in [2.45, 2.75) is 107 Å². The topological polar surface area (TPSA) is 102 Å². The second kappa shape index (κ2) is 28.1. The molecule has 0 N–H and O–H groups in total. The summed E-state index contributed by atoms with van der Waals surface area (Å²) in [7, 11) is 1.61. The van der Waals surface area contributed by atoms with Crippen LogP contribution in [0, 0.1) is 0 Å². The maximum atomic E-state index is 7.32. The Kier molecular flexibility index (Phi) is 20.1. The average Bonchev–Trinajstić information content (AvgIpc) is 3.47. The first-order valence-electron chi connectivity index (χ1n) is 25.8. The van der Waals surface area contributed by atoms with Crippen LogP contribution in [0.2, 0.25) is 0 Å². The molecule has 75 heavy (non-hydrogen) atoms. The quantitative estimate of drug-likeness (QED) is 0.0460. The van der Waals surface area contributed by atoms with E-state index in [-0.39, 0.29) is 52.9 Å². The lowest BCUT2D eigenvalue weighted by molar-refractivity contribution is -0.377. The van der Waals surface area contributed by atoms with Gasteiger partial charge in [-0.25, -0.2) is 0 Å². The summed E-state index contributed by atoms with van der Waals surface area (Å²) in [4.78, 5) is 0. The van der Waals surface area contributed by atoms with Crippen LogP contribution in [0.15, 0.2) is 225 Å². The fourth-order valence-corrected chi connectivity index (χ4v) is 9.49. The van der Waals surface area contributed by atoms with Gasteiger partial charge in [-0.1, -0.05) is 219 Å². The minimum atomic E-state index is -1.68. The van der Waals surface area contributed by atoms with Crippen molar-refractivity contribution in [3.05, 3.63) is 264 Å². The van der Waals surface area contributed by atoms with Crippen molar-refractivity contribution in [2.75, 3.05) is 20.3 Å². The smallest absolute Gasteiger partial charge is 0.217 e. The van der Waals surface area contributed by atoms with Gasteiger partial charge in [0.1, 0.15) is 48.8 Å². The van der Waals surface area contributed by atoms with E-state index >= 15 is 0 Å². The minimum absolute atomic E-state index is 0.0916. The van der Waals surface area contributed by atoms with Crippen LogP contribution < -0.4 is 0 Å². The maximum absolute atomic E-state index is 7.32. The molecule has 11 nitrogen and oxygen atoms in total.